The monoisotopic (exact) mass is 203 g/mol. The lowest BCUT2D eigenvalue weighted by Crippen LogP contribution is -2.16. The Hall–Kier alpha value is -1.58. The maximum atomic E-state index is 5.37. The van der Waals surface area contributed by atoms with E-state index in [2.05, 4.69) is 21.7 Å². The number of rotatable bonds is 1. The van der Waals surface area contributed by atoms with Crippen LogP contribution in [0.2, 0.25) is 0 Å². The maximum absolute atomic E-state index is 5.37. The summed E-state index contributed by atoms with van der Waals surface area (Å²) < 4.78 is 7.57. The SMILES string of the molecule is CC1CCCc2nnc(-c3ccco3)n21. The van der Waals surface area contributed by atoms with E-state index in [1.54, 1.807) is 6.26 Å². The molecule has 0 aliphatic carbocycles. The molecule has 0 N–H and O–H groups in total. The van der Waals surface area contributed by atoms with Crippen LogP contribution < -0.4 is 0 Å². The third kappa shape index (κ3) is 1.28. The van der Waals surface area contributed by atoms with E-state index < -0.39 is 0 Å². The second kappa shape index (κ2) is 3.22. The Morgan fingerprint density at radius 2 is 2.40 bits per heavy atom. The molecule has 1 unspecified atom stereocenters. The molecule has 4 nitrogen and oxygen atoms in total. The maximum Gasteiger partial charge on any atom is 0.200 e. The molecule has 1 aliphatic rings. The molecule has 0 saturated heterocycles. The minimum Gasteiger partial charge on any atom is -0.461 e. The van der Waals surface area contributed by atoms with Crippen molar-refractivity contribution in [3.63, 3.8) is 0 Å². The van der Waals surface area contributed by atoms with Gasteiger partial charge < -0.3 is 8.98 Å². The predicted molar refractivity (Wildman–Crippen MR) is 55.4 cm³/mol. The summed E-state index contributed by atoms with van der Waals surface area (Å²) in [6, 6.07) is 4.28. The molecule has 15 heavy (non-hydrogen) atoms. The number of aromatic nitrogens is 3. The lowest BCUT2D eigenvalue weighted by atomic mass is 10.1. The van der Waals surface area contributed by atoms with Crippen molar-refractivity contribution in [1.29, 1.82) is 0 Å². The van der Waals surface area contributed by atoms with E-state index in [9.17, 15) is 0 Å². The van der Waals surface area contributed by atoms with Gasteiger partial charge in [0.15, 0.2) is 11.6 Å². The summed E-state index contributed by atoms with van der Waals surface area (Å²) in [4.78, 5) is 0. The highest BCUT2D eigenvalue weighted by Crippen LogP contribution is 2.29. The Balaban J connectivity index is 2.14. The molecule has 0 bridgehead atoms. The molecule has 0 radical (unpaired) electrons. The highest BCUT2D eigenvalue weighted by Gasteiger charge is 2.23. The van der Waals surface area contributed by atoms with Crippen LogP contribution in [0.5, 0.6) is 0 Å². The summed E-state index contributed by atoms with van der Waals surface area (Å²) in [5.41, 5.74) is 0. The summed E-state index contributed by atoms with van der Waals surface area (Å²) in [5.74, 6) is 2.75. The molecule has 0 amide bonds. The largest absolute Gasteiger partial charge is 0.461 e. The van der Waals surface area contributed by atoms with Crippen LogP contribution in [-0.4, -0.2) is 14.8 Å². The van der Waals surface area contributed by atoms with Gasteiger partial charge in [-0.05, 0) is 31.9 Å². The van der Waals surface area contributed by atoms with Crippen molar-refractivity contribution in [2.45, 2.75) is 32.2 Å². The second-order valence-corrected chi connectivity index (χ2v) is 4.03. The smallest absolute Gasteiger partial charge is 0.200 e. The molecule has 0 saturated carbocycles. The fourth-order valence-corrected chi connectivity index (χ4v) is 2.22. The Kier molecular flexibility index (Phi) is 1.87. The van der Waals surface area contributed by atoms with E-state index in [0.717, 1.165) is 23.8 Å². The van der Waals surface area contributed by atoms with Crippen LogP contribution in [0, 0.1) is 0 Å². The predicted octanol–water partition coefficient (Wildman–Crippen LogP) is 2.44. The summed E-state index contributed by atoms with van der Waals surface area (Å²) in [6.45, 7) is 2.21. The number of aryl methyl sites for hydroxylation is 1. The van der Waals surface area contributed by atoms with E-state index in [1.165, 1.54) is 12.8 Å². The topological polar surface area (TPSA) is 43.9 Å². The lowest BCUT2D eigenvalue weighted by molar-refractivity contribution is 0.425. The van der Waals surface area contributed by atoms with Crippen molar-refractivity contribution in [1.82, 2.24) is 14.8 Å². The molecule has 2 aromatic heterocycles. The fraction of sp³-hybridized carbons (Fsp3) is 0.455. The number of furan rings is 1. The Morgan fingerprint density at radius 3 is 3.20 bits per heavy atom. The van der Waals surface area contributed by atoms with Gasteiger partial charge in [-0.2, -0.15) is 0 Å². The summed E-state index contributed by atoms with van der Waals surface area (Å²) in [5, 5.41) is 8.43. The zero-order valence-corrected chi connectivity index (χ0v) is 8.68. The van der Waals surface area contributed by atoms with Crippen LogP contribution in [0.25, 0.3) is 11.6 Å². The first-order chi connectivity index (χ1) is 7.36. The van der Waals surface area contributed by atoms with Gasteiger partial charge in [-0.3, -0.25) is 0 Å². The summed E-state index contributed by atoms with van der Waals surface area (Å²) in [6.07, 6.45) is 5.10. The van der Waals surface area contributed by atoms with Gasteiger partial charge >= 0.3 is 0 Å². The first-order valence-corrected chi connectivity index (χ1v) is 5.34. The minimum atomic E-state index is 0.476. The lowest BCUT2D eigenvalue weighted by Gasteiger charge is -2.21. The van der Waals surface area contributed by atoms with Crippen LogP contribution in [0.3, 0.4) is 0 Å². The standard InChI is InChI=1S/C11H13N3O/c1-8-4-2-6-10-12-13-11(14(8)10)9-5-3-7-15-9/h3,5,7-8H,2,4,6H2,1H3. The molecular weight excluding hydrogens is 190 g/mol. The van der Waals surface area contributed by atoms with E-state index in [0.29, 0.717) is 6.04 Å². The van der Waals surface area contributed by atoms with E-state index in [-0.39, 0.29) is 0 Å². The van der Waals surface area contributed by atoms with Crippen molar-refractivity contribution < 1.29 is 4.42 Å². The molecule has 1 atom stereocenters. The highest BCUT2D eigenvalue weighted by atomic mass is 16.3. The van der Waals surface area contributed by atoms with Gasteiger partial charge in [0.2, 0.25) is 0 Å². The third-order valence-electron chi connectivity index (χ3n) is 2.97. The number of hydrogen-bond donors (Lipinski definition) is 0. The minimum absolute atomic E-state index is 0.476. The first kappa shape index (κ1) is 8.71. The van der Waals surface area contributed by atoms with Gasteiger partial charge in [0.1, 0.15) is 5.82 Å². The molecule has 0 fully saturated rings. The Labute approximate surface area is 87.9 Å². The van der Waals surface area contributed by atoms with E-state index in [1.807, 2.05) is 12.1 Å². The molecule has 3 rings (SSSR count). The molecule has 0 spiro atoms. The van der Waals surface area contributed by atoms with Crippen molar-refractivity contribution in [3.05, 3.63) is 24.2 Å². The van der Waals surface area contributed by atoms with E-state index in [4.69, 9.17) is 4.42 Å². The molecule has 1 aliphatic heterocycles. The normalized spacial score (nSPS) is 20.2. The zero-order valence-electron chi connectivity index (χ0n) is 8.68. The summed E-state index contributed by atoms with van der Waals surface area (Å²) in [7, 11) is 0. The number of fused-ring (bicyclic) bond motifs is 1. The van der Waals surface area contributed by atoms with Crippen LogP contribution >= 0.6 is 0 Å². The van der Waals surface area contributed by atoms with Crippen LogP contribution in [-0.2, 0) is 6.42 Å². The zero-order chi connectivity index (χ0) is 10.3. The van der Waals surface area contributed by atoms with Crippen molar-refractivity contribution in [3.8, 4) is 11.6 Å². The molecule has 4 heteroatoms. The van der Waals surface area contributed by atoms with Crippen LogP contribution in [0.1, 0.15) is 31.6 Å². The van der Waals surface area contributed by atoms with Gasteiger partial charge in [-0.25, -0.2) is 0 Å². The number of hydrogen-bond acceptors (Lipinski definition) is 3. The second-order valence-electron chi connectivity index (χ2n) is 4.03. The number of nitrogens with zero attached hydrogens (tertiary/aromatic N) is 3. The third-order valence-corrected chi connectivity index (χ3v) is 2.97. The van der Waals surface area contributed by atoms with Gasteiger partial charge in [0, 0.05) is 12.5 Å². The van der Waals surface area contributed by atoms with E-state index >= 15 is 0 Å². The fourth-order valence-electron chi connectivity index (χ4n) is 2.22. The molecular formula is C11H13N3O. The van der Waals surface area contributed by atoms with Gasteiger partial charge in [0.05, 0.1) is 6.26 Å². The Bertz CT molecular complexity index is 458. The summed E-state index contributed by atoms with van der Waals surface area (Å²) >= 11 is 0. The van der Waals surface area contributed by atoms with Crippen LogP contribution in [0.15, 0.2) is 22.8 Å². The van der Waals surface area contributed by atoms with Crippen molar-refractivity contribution in [2.24, 2.45) is 0 Å². The average Bonchev–Trinajstić information content (AvgIpc) is 2.85. The first-order valence-electron chi connectivity index (χ1n) is 5.34. The highest BCUT2D eigenvalue weighted by molar-refractivity contribution is 5.47. The van der Waals surface area contributed by atoms with Crippen molar-refractivity contribution >= 4 is 0 Å². The van der Waals surface area contributed by atoms with Gasteiger partial charge in [0.25, 0.3) is 0 Å². The van der Waals surface area contributed by atoms with Crippen molar-refractivity contribution in [2.75, 3.05) is 0 Å². The van der Waals surface area contributed by atoms with Gasteiger partial charge in [-0.1, -0.05) is 0 Å². The van der Waals surface area contributed by atoms with Gasteiger partial charge in [-0.15, -0.1) is 10.2 Å². The molecule has 78 valence electrons. The Morgan fingerprint density at radius 1 is 1.47 bits per heavy atom. The molecule has 3 heterocycles. The average molecular weight is 203 g/mol. The molecule has 2 aromatic rings. The van der Waals surface area contributed by atoms with Crippen LogP contribution in [0.4, 0.5) is 0 Å². The quantitative estimate of drug-likeness (QED) is 0.715. The molecule has 0 aromatic carbocycles.